The molecule has 1 atom stereocenters. The summed E-state index contributed by atoms with van der Waals surface area (Å²) in [7, 11) is 1.37. The van der Waals surface area contributed by atoms with E-state index >= 15 is 0 Å². The molecule has 1 rings (SSSR count). The fourth-order valence-corrected chi connectivity index (χ4v) is 1.59. The topological polar surface area (TPSA) is 50.1 Å². The standard InChI is InChI=1S/C13H14FNO2/c1-3-9(6-7-15)13(16)10-4-5-12(17-2)11(14)8-10/h4-5,8-9H,3,6H2,1-2H3. The van der Waals surface area contributed by atoms with E-state index in [0.717, 1.165) is 6.07 Å². The third kappa shape index (κ3) is 3.04. The van der Waals surface area contributed by atoms with Gasteiger partial charge in [-0.25, -0.2) is 4.39 Å². The minimum atomic E-state index is -0.565. The summed E-state index contributed by atoms with van der Waals surface area (Å²) >= 11 is 0. The van der Waals surface area contributed by atoms with Gasteiger partial charge in [0.15, 0.2) is 17.3 Å². The molecule has 0 aliphatic carbocycles. The zero-order valence-corrected chi connectivity index (χ0v) is 9.87. The van der Waals surface area contributed by atoms with Gasteiger partial charge in [0.2, 0.25) is 0 Å². The smallest absolute Gasteiger partial charge is 0.167 e. The summed E-state index contributed by atoms with van der Waals surface area (Å²) in [4.78, 5) is 12.0. The van der Waals surface area contributed by atoms with Crippen LogP contribution in [0.3, 0.4) is 0 Å². The van der Waals surface area contributed by atoms with Gasteiger partial charge in [0.05, 0.1) is 13.2 Å². The van der Waals surface area contributed by atoms with E-state index in [-0.39, 0.29) is 29.4 Å². The number of rotatable bonds is 5. The summed E-state index contributed by atoms with van der Waals surface area (Å²) in [6.07, 6.45) is 0.725. The zero-order chi connectivity index (χ0) is 12.8. The van der Waals surface area contributed by atoms with E-state index < -0.39 is 5.82 Å². The maximum Gasteiger partial charge on any atom is 0.167 e. The third-order valence-corrected chi connectivity index (χ3v) is 2.64. The van der Waals surface area contributed by atoms with Crippen molar-refractivity contribution in [2.24, 2.45) is 5.92 Å². The van der Waals surface area contributed by atoms with E-state index in [9.17, 15) is 9.18 Å². The number of halogens is 1. The molecule has 0 heterocycles. The second kappa shape index (κ2) is 6.00. The normalized spacial score (nSPS) is 11.6. The molecule has 3 nitrogen and oxygen atoms in total. The molecule has 0 N–H and O–H groups in total. The highest BCUT2D eigenvalue weighted by Crippen LogP contribution is 2.21. The fraction of sp³-hybridized carbons (Fsp3) is 0.385. The first kappa shape index (κ1) is 13.2. The Labute approximate surface area is 99.8 Å². The molecule has 4 heteroatoms. The summed E-state index contributed by atoms with van der Waals surface area (Å²) in [6, 6.07) is 6.06. The van der Waals surface area contributed by atoms with Crippen LogP contribution in [0.25, 0.3) is 0 Å². The van der Waals surface area contributed by atoms with Crippen molar-refractivity contribution in [2.75, 3.05) is 7.11 Å². The molecule has 17 heavy (non-hydrogen) atoms. The molecule has 0 saturated heterocycles. The van der Waals surface area contributed by atoms with E-state index in [2.05, 4.69) is 0 Å². The van der Waals surface area contributed by atoms with E-state index in [1.165, 1.54) is 19.2 Å². The Balaban J connectivity index is 2.97. The van der Waals surface area contributed by atoms with Crippen LogP contribution in [0.2, 0.25) is 0 Å². The molecule has 90 valence electrons. The minimum Gasteiger partial charge on any atom is -0.494 e. The van der Waals surface area contributed by atoms with Crippen LogP contribution in [0.1, 0.15) is 30.1 Å². The van der Waals surface area contributed by atoms with Crippen LogP contribution in [0.4, 0.5) is 4.39 Å². The molecule has 0 aliphatic heterocycles. The van der Waals surface area contributed by atoms with Gasteiger partial charge in [-0.15, -0.1) is 0 Å². The quantitative estimate of drug-likeness (QED) is 0.737. The van der Waals surface area contributed by atoms with Crippen LogP contribution in [0.15, 0.2) is 18.2 Å². The molecule has 0 spiro atoms. The summed E-state index contributed by atoms with van der Waals surface area (Å²) < 4.78 is 18.2. The fourth-order valence-electron chi connectivity index (χ4n) is 1.59. The number of hydrogen-bond donors (Lipinski definition) is 0. The van der Waals surface area contributed by atoms with Crippen molar-refractivity contribution in [3.05, 3.63) is 29.6 Å². The molecule has 1 unspecified atom stereocenters. The predicted molar refractivity (Wildman–Crippen MR) is 61.3 cm³/mol. The molecule has 0 amide bonds. The summed E-state index contributed by atoms with van der Waals surface area (Å²) in [5.74, 6) is -1.02. The van der Waals surface area contributed by atoms with Gasteiger partial charge in [-0.05, 0) is 24.6 Å². The van der Waals surface area contributed by atoms with Gasteiger partial charge in [-0.1, -0.05) is 6.92 Å². The van der Waals surface area contributed by atoms with Gasteiger partial charge in [0.25, 0.3) is 0 Å². The Morgan fingerprint density at radius 2 is 2.29 bits per heavy atom. The minimum absolute atomic E-state index is 0.106. The van der Waals surface area contributed by atoms with Crippen LogP contribution in [0.5, 0.6) is 5.75 Å². The molecule has 0 saturated carbocycles. The lowest BCUT2D eigenvalue weighted by molar-refractivity contribution is 0.0918. The number of carbonyl (C=O) groups excluding carboxylic acids is 1. The van der Waals surface area contributed by atoms with Crippen molar-refractivity contribution in [3.8, 4) is 11.8 Å². The lowest BCUT2D eigenvalue weighted by Crippen LogP contribution is -2.13. The monoisotopic (exact) mass is 235 g/mol. The highest BCUT2D eigenvalue weighted by atomic mass is 19.1. The molecule has 0 aromatic heterocycles. The summed E-state index contributed by atoms with van der Waals surface area (Å²) in [6.45, 7) is 1.83. The third-order valence-electron chi connectivity index (χ3n) is 2.64. The van der Waals surface area contributed by atoms with E-state index in [1.54, 1.807) is 0 Å². The first-order valence-electron chi connectivity index (χ1n) is 5.38. The Kier molecular flexibility index (Phi) is 4.65. The van der Waals surface area contributed by atoms with Gasteiger partial charge in [0, 0.05) is 17.9 Å². The molecule has 0 aliphatic rings. The summed E-state index contributed by atoms with van der Waals surface area (Å²) in [5, 5.41) is 8.60. The second-order valence-electron chi connectivity index (χ2n) is 3.68. The van der Waals surface area contributed by atoms with Crippen LogP contribution in [-0.2, 0) is 0 Å². The van der Waals surface area contributed by atoms with Crippen molar-refractivity contribution >= 4 is 5.78 Å². The second-order valence-corrected chi connectivity index (χ2v) is 3.68. The van der Waals surface area contributed by atoms with Crippen molar-refractivity contribution < 1.29 is 13.9 Å². The van der Waals surface area contributed by atoms with Gasteiger partial charge in [-0.3, -0.25) is 4.79 Å². The number of ketones is 1. The lowest BCUT2D eigenvalue weighted by atomic mass is 9.93. The molecule has 0 fully saturated rings. The molecule has 1 aromatic carbocycles. The maximum atomic E-state index is 13.4. The number of nitrogens with zero attached hydrogens (tertiary/aromatic N) is 1. The van der Waals surface area contributed by atoms with Crippen LogP contribution in [-0.4, -0.2) is 12.9 Å². The first-order chi connectivity index (χ1) is 8.13. The van der Waals surface area contributed by atoms with Crippen molar-refractivity contribution in [1.82, 2.24) is 0 Å². The Morgan fingerprint density at radius 3 is 2.76 bits per heavy atom. The SMILES string of the molecule is CCC(CC#N)C(=O)c1ccc(OC)c(F)c1. The number of benzene rings is 1. The van der Waals surface area contributed by atoms with Gasteiger partial charge >= 0.3 is 0 Å². The lowest BCUT2D eigenvalue weighted by Gasteiger charge is -2.10. The molecular formula is C13H14FNO2. The number of methoxy groups -OCH3 is 1. The predicted octanol–water partition coefficient (Wildman–Crippen LogP) is 2.96. The van der Waals surface area contributed by atoms with Crippen molar-refractivity contribution in [2.45, 2.75) is 19.8 Å². The van der Waals surface area contributed by atoms with Crippen LogP contribution in [0, 0.1) is 23.1 Å². The zero-order valence-electron chi connectivity index (χ0n) is 9.87. The van der Waals surface area contributed by atoms with Crippen molar-refractivity contribution in [1.29, 1.82) is 5.26 Å². The maximum absolute atomic E-state index is 13.4. The number of carbonyl (C=O) groups is 1. The molecular weight excluding hydrogens is 221 g/mol. The van der Waals surface area contributed by atoms with Crippen molar-refractivity contribution in [3.63, 3.8) is 0 Å². The van der Waals surface area contributed by atoms with Gasteiger partial charge < -0.3 is 4.74 Å². The van der Waals surface area contributed by atoms with E-state index in [0.29, 0.717) is 6.42 Å². The van der Waals surface area contributed by atoms with Gasteiger partial charge in [0.1, 0.15) is 0 Å². The Hall–Kier alpha value is -1.89. The Morgan fingerprint density at radius 1 is 1.59 bits per heavy atom. The van der Waals surface area contributed by atoms with E-state index in [1.807, 2.05) is 13.0 Å². The largest absolute Gasteiger partial charge is 0.494 e. The number of nitriles is 1. The van der Waals surface area contributed by atoms with Gasteiger partial charge in [-0.2, -0.15) is 5.26 Å². The molecule has 1 aromatic rings. The van der Waals surface area contributed by atoms with E-state index in [4.69, 9.17) is 10.00 Å². The van der Waals surface area contributed by atoms with Crippen LogP contribution < -0.4 is 4.74 Å². The average molecular weight is 235 g/mol. The average Bonchev–Trinajstić information content (AvgIpc) is 2.35. The first-order valence-corrected chi connectivity index (χ1v) is 5.38. The number of Topliss-reactive ketones (excluding diaryl/α,β-unsaturated/α-hetero) is 1. The van der Waals surface area contributed by atoms with Crippen LogP contribution >= 0.6 is 0 Å². The summed E-state index contributed by atoms with van der Waals surface area (Å²) in [5.41, 5.74) is 0.283. The highest BCUT2D eigenvalue weighted by molar-refractivity contribution is 5.98. The Bertz CT molecular complexity index is 451. The highest BCUT2D eigenvalue weighted by Gasteiger charge is 2.19. The number of hydrogen-bond acceptors (Lipinski definition) is 3. The number of ether oxygens (including phenoxy) is 1. The molecule has 0 radical (unpaired) electrons. The molecule has 0 bridgehead atoms.